The van der Waals surface area contributed by atoms with Gasteiger partial charge in [0.15, 0.2) is 6.10 Å². The molecule has 0 spiro atoms. The highest BCUT2D eigenvalue weighted by molar-refractivity contribution is 5.71. The molecule has 0 amide bonds. The number of rotatable bonds is 46. The third-order valence-electron chi connectivity index (χ3n) is 11.1. The lowest BCUT2D eigenvalue weighted by Crippen LogP contribution is -2.30. The average molecular weight is 841 g/mol. The van der Waals surface area contributed by atoms with Gasteiger partial charge in [0, 0.05) is 19.3 Å². The lowest BCUT2D eigenvalue weighted by Gasteiger charge is -2.18. The van der Waals surface area contributed by atoms with Gasteiger partial charge in [0.2, 0.25) is 0 Å². The van der Waals surface area contributed by atoms with Crippen molar-refractivity contribution in [1.29, 1.82) is 0 Å². The van der Waals surface area contributed by atoms with E-state index in [1.54, 1.807) is 0 Å². The number of ether oxygens (including phenoxy) is 3. The summed E-state index contributed by atoms with van der Waals surface area (Å²) in [5.74, 6) is -0.899. The van der Waals surface area contributed by atoms with Gasteiger partial charge in [-0.3, -0.25) is 14.4 Å². The molecular formula is C54H96O6. The van der Waals surface area contributed by atoms with Crippen molar-refractivity contribution >= 4 is 17.9 Å². The molecule has 0 fully saturated rings. The molecule has 60 heavy (non-hydrogen) atoms. The molecular weight excluding hydrogens is 745 g/mol. The number of esters is 3. The number of allylic oxidation sites excluding steroid dienone is 8. The summed E-state index contributed by atoms with van der Waals surface area (Å²) in [7, 11) is 0. The summed E-state index contributed by atoms with van der Waals surface area (Å²) in [5.41, 5.74) is 0. The van der Waals surface area contributed by atoms with Crippen LogP contribution in [0.3, 0.4) is 0 Å². The van der Waals surface area contributed by atoms with Crippen molar-refractivity contribution < 1.29 is 28.6 Å². The topological polar surface area (TPSA) is 78.9 Å². The van der Waals surface area contributed by atoms with Gasteiger partial charge in [0.1, 0.15) is 13.2 Å². The van der Waals surface area contributed by atoms with Gasteiger partial charge in [0.25, 0.3) is 0 Å². The van der Waals surface area contributed by atoms with Gasteiger partial charge in [-0.05, 0) is 77.0 Å². The van der Waals surface area contributed by atoms with E-state index < -0.39 is 6.10 Å². The third-order valence-corrected chi connectivity index (χ3v) is 11.1. The summed E-state index contributed by atoms with van der Waals surface area (Å²) < 4.78 is 16.8. The third kappa shape index (κ3) is 46.4. The summed E-state index contributed by atoms with van der Waals surface area (Å²) in [6.07, 6.45) is 58.0. The van der Waals surface area contributed by atoms with E-state index in [0.29, 0.717) is 19.3 Å². The molecule has 1 atom stereocenters. The van der Waals surface area contributed by atoms with Gasteiger partial charge < -0.3 is 14.2 Å². The van der Waals surface area contributed by atoms with Crippen molar-refractivity contribution in [2.24, 2.45) is 0 Å². The zero-order chi connectivity index (χ0) is 43.7. The second kappa shape index (κ2) is 49.0. The van der Waals surface area contributed by atoms with Crippen LogP contribution in [-0.4, -0.2) is 37.2 Å². The number of carbonyl (C=O) groups excluding carboxylic acids is 3. The summed E-state index contributed by atoms with van der Waals surface area (Å²) in [6, 6.07) is 0. The maximum atomic E-state index is 12.8. The first-order chi connectivity index (χ1) is 29.5. The predicted octanol–water partition coefficient (Wildman–Crippen LogP) is 16.7. The van der Waals surface area contributed by atoms with Crippen molar-refractivity contribution in [3.05, 3.63) is 48.6 Å². The van der Waals surface area contributed by atoms with Gasteiger partial charge in [-0.25, -0.2) is 0 Å². The molecule has 348 valence electrons. The maximum absolute atomic E-state index is 12.8. The van der Waals surface area contributed by atoms with Crippen LogP contribution >= 0.6 is 0 Å². The second-order valence-corrected chi connectivity index (χ2v) is 17.1. The first-order valence-electron chi connectivity index (χ1n) is 25.6. The van der Waals surface area contributed by atoms with Gasteiger partial charge in [-0.15, -0.1) is 0 Å². The van der Waals surface area contributed by atoms with Crippen LogP contribution in [-0.2, 0) is 28.6 Å². The SMILES string of the molecule is CCC=CCC=CCC=CCCCCCCCC(=O)OCC(COC(=O)CCCCCCCCCCCCCC)OC(=O)CCCCCCCC=CCCCCCCCC. The van der Waals surface area contributed by atoms with Gasteiger partial charge in [-0.2, -0.15) is 0 Å². The van der Waals surface area contributed by atoms with E-state index >= 15 is 0 Å². The van der Waals surface area contributed by atoms with Crippen LogP contribution in [0.4, 0.5) is 0 Å². The Kier molecular flexibility index (Phi) is 46.9. The molecule has 0 N–H and O–H groups in total. The van der Waals surface area contributed by atoms with Crippen molar-refractivity contribution in [3.8, 4) is 0 Å². The van der Waals surface area contributed by atoms with Crippen LogP contribution in [0.1, 0.15) is 258 Å². The molecule has 0 aliphatic carbocycles. The fourth-order valence-corrected chi connectivity index (χ4v) is 7.22. The minimum atomic E-state index is -0.781. The molecule has 0 bridgehead atoms. The van der Waals surface area contributed by atoms with Gasteiger partial charge in [0.05, 0.1) is 0 Å². The highest BCUT2D eigenvalue weighted by Crippen LogP contribution is 2.15. The van der Waals surface area contributed by atoms with Crippen LogP contribution < -0.4 is 0 Å². The summed E-state index contributed by atoms with van der Waals surface area (Å²) in [4.78, 5) is 37.9. The molecule has 0 saturated heterocycles. The van der Waals surface area contributed by atoms with E-state index in [-0.39, 0.29) is 31.1 Å². The Morgan fingerprint density at radius 1 is 0.350 bits per heavy atom. The molecule has 0 heterocycles. The summed E-state index contributed by atoms with van der Waals surface area (Å²) in [5, 5.41) is 0. The Morgan fingerprint density at radius 3 is 1.03 bits per heavy atom. The van der Waals surface area contributed by atoms with E-state index in [1.165, 1.54) is 109 Å². The summed E-state index contributed by atoms with van der Waals surface area (Å²) >= 11 is 0. The Balaban J connectivity index is 4.40. The molecule has 1 unspecified atom stereocenters. The van der Waals surface area contributed by atoms with Gasteiger partial charge in [-0.1, -0.05) is 211 Å². The Hall–Kier alpha value is -2.63. The van der Waals surface area contributed by atoms with Crippen LogP contribution in [0, 0.1) is 0 Å². The molecule has 0 radical (unpaired) electrons. The highest BCUT2D eigenvalue weighted by Gasteiger charge is 2.19. The van der Waals surface area contributed by atoms with Crippen LogP contribution in [0.15, 0.2) is 48.6 Å². The van der Waals surface area contributed by atoms with Crippen LogP contribution in [0.5, 0.6) is 0 Å². The number of carbonyl (C=O) groups is 3. The fraction of sp³-hybridized carbons (Fsp3) is 0.796. The van der Waals surface area contributed by atoms with Crippen LogP contribution in [0.2, 0.25) is 0 Å². The predicted molar refractivity (Wildman–Crippen MR) is 256 cm³/mol. The average Bonchev–Trinajstić information content (AvgIpc) is 3.24. The molecule has 0 saturated carbocycles. The highest BCUT2D eigenvalue weighted by atomic mass is 16.6. The lowest BCUT2D eigenvalue weighted by molar-refractivity contribution is -0.167. The molecule has 6 heteroatoms. The van der Waals surface area contributed by atoms with E-state index in [1.807, 2.05) is 0 Å². The fourth-order valence-electron chi connectivity index (χ4n) is 7.22. The lowest BCUT2D eigenvalue weighted by atomic mass is 10.0. The zero-order valence-electron chi connectivity index (χ0n) is 39.7. The van der Waals surface area contributed by atoms with E-state index in [4.69, 9.17) is 14.2 Å². The molecule has 6 nitrogen and oxygen atoms in total. The number of unbranched alkanes of at least 4 members (excludes halogenated alkanes) is 27. The largest absolute Gasteiger partial charge is 0.462 e. The minimum absolute atomic E-state index is 0.0798. The van der Waals surface area contributed by atoms with E-state index in [0.717, 1.165) is 109 Å². The quantitative estimate of drug-likeness (QED) is 0.0263. The normalized spacial score (nSPS) is 12.4. The molecule has 0 aliphatic heterocycles. The second-order valence-electron chi connectivity index (χ2n) is 17.1. The Labute approximate surface area is 371 Å². The van der Waals surface area contributed by atoms with E-state index in [9.17, 15) is 14.4 Å². The Bertz CT molecular complexity index is 1060. The van der Waals surface area contributed by atoms with Crippen molar-refractivity contribution in [2.75, 3.05) is 13.2 Å². The maximum Gasteiger partial charge on any atom is 0.306 e. The first kappa shape index (κ1) is 57.4. The number of hydrogen-bond acceptors (Lipinski definition) is 6. The standard InChI is InChI=1S/C54H96O6/c1-4-7-10-13-16-19-22-25-27-29-32-35-38-41-44-47-53(56)59-50-51(49-58-52(55)46-43-40-37-34-31-24-21-18-15-12-9-6-3)60-54(57)48-45-42-39-36-33-30-28-26-23-20-17-14-11-8-5-2/h7,10,16,19,25-28,51H,4-6,8-9,11-15,17-18,20-24,29-50H2,1-3H3. The molecule has 0 aromatic heterocycles. The monoisotopic (exact) mass is 841 g/mol. The minimum Gasteiger partial charge on any atom is -0.462 e. The summed E-state index contributed by atoms with van der Waals surface area (Å²) in [6.45, 7) is 6.51. The smallest absolute Gasteiger partial charge is 0.306 e. The molecule has 0 aromatic carbocycles. The van der Waals surface area contributed by atoms with Crippen LogP contribution in [0.25, 0.3) is 0 Å². The Morgan fingerprint density at radius 2 is 0.650 bits per heavy atom. The molecule has 0 aromatic rings. The van der Waals surface area contributed by atoms with Gasteiger partial charge >= 0.3 is 17.9 Å². The van der Waals surface area contributed by atoms with Crippen molar-refractivity contribution in [2.45, 2.75) is 264 Å². The molecule has 0 aliphatic rings. The molecule has 0 rings (SSSR count). The zero-order valence-corrected chi connectivity index (χ0v) is 39.7. The first-order valence-corrected chi connectivity index (χ1v) is 25.6. The van der Waals surface area contributed by atoms with Crippen molar-refractivity contribution in [3.63, 3.8) is 0 Å². The van der Waals surface area contributed by atoms with Crippen molar-refractivity contribution in [1.82, 2.24) is 0 Å². The van der Waals surface area contributed by atoms with E-state index in [2.05, 4.69) is 69.4 Å². The number of hydrogen-bond donors (Lipinski definition) is 0.